The van der Waals surface area contributed by atoms with Gasteiger partial charge in [-0.05, 0) is 26.1 Å². The number of benzene rings is 1. The van der Waals surface area contributed by atoms with E-state index in [1.165, 1.54) is 5.69 Å². The first-order valence-electron chi connectivity index (χ1n) is 6.13. The number of rotatable bonds is 7. The summed E-state index contributed by atoms with van der Waals surface area (Å²) in [5.41, 5.74) is 1.27. The average molecular weight is 231 g/mol. The standard InChI is InChI=1S/C14H21N3/c1-3-17(14-8-5-4-6-9-14)13-12-16(2)11-7-10-15/h4-6,8-9H,3,7,11-13H2,1-2H3. The van der Waals surface area contributed by atoms with Gasteiger partial charge in [-0.15, -0.1) is 0 Å². The van der Waals surface area contributed by atoms with E-state index in [1.54, 1.807) is 0 Å². The van der Waals surface area contributed by atoms with E-state index in [9.17, 15) is 0 Å². The fourth-order valence-corrected chi connectivity index (χ4v) is 1.75. The first-order valence-corrected chi connectivity index (χ1v) is 6.13. The zero-order chi connectivity index (χ0) is 12.5. The molecular weight excluding hydrogens is 210 g/mol. The van der Waals surface area contributed by atoms with E-state index in [4.69, 9.17) is 5.26 Å². The summed E-state index contributed by atoms with van der Waals surface area (Å²) >= 11 is 0. The van der Waals surface area contributed by atoms with Crippen LogP contribution in [0.3, 0.4) is 0 Å². The molecule has 1 aromatic carbocycles. The van der Waals surface area contributed by atoms with Crippen molar-refractivity contribution in [3.8, 4) is 6.07 Å². The lowest BCUT2D eigenvalue weighted by atomic mass is 10.3. The maximum Gasteiger partial charge on any atom is 0.0635 e. The van der Waals surface area contributed by atoms with Gasteiger partial charge in [0, 0.05) is 38.3 Å². The molecule has 0 amide bonds. The SMILES string of the molecule is CCN(CCN(C)CCC#N)c1ccccc1. The molecule has 1 aromatic rings. The summed E-state index contributed by atoms with van der Waals surface area (Å²) in [7, 11) is 2.07. The van der Waals surface area contributed by atoms with Crippen molar-refractivity contribution in [1.29, 1.82) is 5.26 Å². The van der Waals surface area contributed by atoms with Crippen LogP contribution in [0.25, 0.3) is 0 Å². The highest BCUT2D eigenvalue weighted by atomic mass is 15.2. The maximum absolute atomic E-state index is 8.53. The van der Waals surface area contributed by atoms with Crippen LogP contribution < -0.4 is 4.90 Å². The van der Waals surface area contributed by atoms with Crippen LogP contribution in [0, 0.1) is 11.3 Å². The van der Waals surface area contributed by atoms with Crippen LogP contribution in [0.5, 0.6) is 0 Å². The molecule has 0 bridgehead atoms. The Morgan fingerprint density at radius 1 is 1.12 bits per heavy atom. The van der Waals surface area contributed by atoms with E-state index in [-0.39, 0.29) is 0 Å². The lowest BCUT2D eigenvalue weighted by molar-refractivity contribution is 0.348. The van der Waals surface area contributed by atoms with Crippen LogP contribution >= 0.6 is 0 Å². The van der Waals surface area contributed by atoms with Crippen LogP contribution in [0.2, 0.25) is 0 Å². The number of hydrogen-bond acceptors (Lipinski definition) is 3. The molecule has 0 aliphatic carbocycles. The molecule has 3 nitrogen and oxygen atoms in total. The molecule has 92 valence electrons. The minimum atomic E-state index is 0.605. The minimum absolute atomic E-state index is 0.605. The van der Waals surface area contributed by atoms with Crippen molar-refractivity contribution in [2.45, 2.75) is 13.3 Å². The molecular formula is C14H21N3. The van der Waals surface area contributed by atoms with Crippen molar-refractivity contribution in [3.63, 3.8) is 0 Å². The van der Waals surface area contributed by atoms with Gasteiger partial charge in [0.1, 0.15) is 0 Å². The predicted molar refractivity (Wildman–Crippen MR) is 72.1 cm³/mol. The van der Waals surface area contributed by atoms with Gasteiger partial charge < -0.3 is 9.80 Å². The van der Waals surface area contributed by atoms with E-state index in [0.29, 0.717) is 6.42 Å². The highest BCUT2D eigenvalue weighted by Gasteiger charge is 2.05. The Kier molecular flexibility index (Phi) is 6.13. The third-order valence-corrected chi connectivity index (χ3v) is 2.86. The number of para-hydroxylation sites is 1. The molecule has 1 rings (SSSR count). The van der Waals surface area contributed by atoms with Gasteiger partial charge in [-0.2, -0.15) is 5.26 Å². The largest absolute Gasteiger partial charge is 0.371 e. The lowest BCUT2D eigenvalue weighted by Gasteiger charge is -2.25. The third-order valence-electron chi connectivity index (χ3n) is 2.86. The van der Waals surface area contributed by atoms with E-state index in [1.807, 2.05) is 6.07 Å². The summed E-state index contributed by atoms with van der Waals surface area (Å²) in [5.74, 6) is 0. The molecule has 0 fully saturated rings. The normalized spacial score (nSPS) is 10.2. The summed E-state index contributed by atoms with van der Waals surface area (Å²) in [5, 5.41) is 8.53. The van der Waals surface area contributed by atoms with Gasteiger partial charge in [0.25, 0.3) is 0 Å². The van der Waals surface area contributed by atoms with E-state index in [2.05, 4.69) is 54.1 Å². The van der Waals surface area contributed by atoms with Gasteiger partial charge in [0.05, 0.1) is 6.07 Å². The molecule has 0 aromatic heterocycles. The van der Waals surface area contributed by atoms with Crippen LogP contribution in [-0.4, -0.2) is 38.1 Å². The second-order valence-electron chi connectivity index (χ2n) is 4.13. The van der Waals surface area contributed by atoms with E-state index >= 15 is 0 Å². The highest BCUT2D eigenvalue weighted by Crippen LogP contribution is 2.12. The third kappa shape index (κ3) is 4.88. The number of anilines is 1. The highest BCUT2D eigenvalue weighted by molar-refractivity contribution is 5.45. The van der Waals surface area contributed by atoms with Gasteiger partial charge in [-0.1, -0.05) is 18.2 Å². The Morgan fingerprint density at radius 3 is 2.41 bits per heavy atom. The monoisotopic (exact) mass is 231 g/mol. The van der Waals surface area contributed by atoms with E-state index < -0.39 is 0 Å². The second-order valence-corrected chi connectivity index (χ2v) is 4.13. The van der Waals surface area contributed by atoms with Crippen LogP contribution in [-0.2, 0) is 0 Å². The van der Waals surface area contributed by atoms with Crippen molar-refractivity contribution in [2.75, 3.05) is 38.1 Å². The van der Waals surface area contributed by atoms with Gasteiger partial charge in [0.2, 0.25) is 0 Å². The zero-order valence-corrected chi connectivity index (χ0v) is 10.8. The maximum atomic E-state index is 8.53. The fourth-order valence-electron chi connectivity index (χ4n) is 1.75. The molecule has 0 spiro atoms. The fraction of sp³-hybridized carbons (Fsp3) is 0.500. The van der Waals surface area contributed by atoms with Crippen LogP contribution in [0.15, 0.2) is 30.3 Å². The Labute approximate surface area is 104 Å². The quantitative estimate of drug-likeness (QED) is 0.721. The van der Waals surface area contributed by atoms with Gasteiger partial charge >= 0.3 is 0 Å². The summed E-state index contributed by atoms with van der Waals surface area (Å²) in [6.45, 7) is 6.02. The molecule has 17 heavy (non-hydrogen) atoms. The molecule has 0 unspecified atom stereocenters. The molecule has 3 heteroatoms. The summed E-state index contributed by atoms with van der Waals surface area (Å²) in [6.07, 6.45) is 0.605. The van der Waals surface area contributed by atoms with Crippen molar-refractivity contribution in [1.82, 2.24) is 4.90 Å². The Bertz CT molecular complexity index is 342. The van der Waals surface area contributed by atoms with E-state index in [0.717, 1.165) is 26.2 Å². The average Bonchev–Trinajstić information content (AvgIpc) is 2.38. The van der Waals surface area contributed by atoms with Crippen molar-refractivity contribution in [3.05, 3.63) is 30.3 Å². The molecule has 0 saturated heterocycles. The Balaban J connectivity index is 2.41. The van der Waals surface area contributed by atoms with Crippen LogP contribution in [0.4, 0.5) is 5.69 Å². The van der Waals surface area contributed by atoms with Crippen molar-refractivity contribution >= 4 is 5.69 Å². The smallest absolute Gasteiger partial charge is 0.0635 e. The van der Waals surface area contributed by atoms with Gasteiger partial charge in [0.15, 0.2) is 0 Å². The summed E-state index contributed by atoms with van der Waals surface area (Å²) in [4.78, 5) is 4.55. The number of likely N-dealkylation sites (N-methyl/N-ethyl adjacent to an activating group) is 2. The summed E-state index contributed by atoms with van der Waals surface area (Å²) in [6, 6.07) is 12.6. The minimum Gasteiger partial charge on any atom is -0.371 e. The molecule has 0 saturated carbocycles. The first kappa shape index (κ1) is 13.5. The number of hydrogen-bond donors (Lipinski definition) is 0. The molecule has 0 aliphatic heterocycles. The zero-order valence-electron chi connectivity index (χ0n) is 10.8. The summed E-state index contributed by atoms with van der Waals surface area (Å²) < 4.78 is 0. The number of nitrogens with zero attached hydrogens (tertiary/aromatic N) is 3. The Hall–Kier alpha value is -1.53. The van der Waals surface area contributed by atoms with Crippen molar-refractivity contribution < 1.29 is 0 Å². The molecule has 0 N–H and O–H groups in total. The van der Waals surface area contributed by atoms with Gasteiger partial charge in [-0.25, -0.2) is 0 Å². The Morgan fingerprint density at radius 2 is 1.82 bits per heavy atom. The number of nitriles is 1. The first-order chi connectivity index (χ1) is 8.27. The van der Waals surface area contributed by atoms with Crippen molar-refractivity contribution in [2.24, 2.45) is 0 Å². The molecule has 0 heterocycles. The van der Waals surface area contributed by atoms with Crippen LogP contribution in [0.1, 0.15) is 13.3 Å². The topological polar surface area (TPSA) is 30.3 Å². The molecule has 0 radical (unpaired) electrons. The molecule has 0 atom stereocenters. The molecule has 0 aliphatic rings. The predicted octanol–water partition coefficient (Wildman–Crippen LogP) is 2.36. The lowest BCUT2D eigenvalue weighted by Crippen LogP contribution is -2.33. The van der Waals surface area contributed by atoms with Gasteiger partial charge in [-0.3, -0.25) is 0 Å². The second kappa shape index (κ2) is 7.70.